The van der Waals surface area contributed by atoms with E-state index in [1.807, 2.05) is 30.3 Å². The fourth-order valence-corrected chi connectivity index (χ4v) is 2.42. The Morgan fingerprint density at radius 2 is 1.95 bits per heavy atom. The number of phenols is 1. The molecule has 100 valence electrons. The molecule has 1 N–H and O–H groups in total. The van der Waals surface area contributed by atoms with E-state index in [1.165, 1.54) is 11.8 Å². The largest absolute Gasteiger partial charge is 0.507 e. The van der Waals surface area contributed by atoms with Gasteiger partial charge in [-0.05, 0) is 24.3 Å². The first-order valence-electron chi connectivity index (χ1n) is 5.98. The number of para-hydroxylation sites is 1. The Labute approximate surface area is 119 Å². The highest BCUT2D eigenvalue weighted by Crippen LogP contribution is 2.30. The average Bonchev–Trinajstić information content (AvgIpc) is 2.96. The molecule has 0 amide bonds. The summed E-state index contributed by atoms with van der Waals surface area (Å²) in [5, 5.41) is 13.6. The number of aromatic nitrogens is 3. The number of hydrogen-bond acceptors (Lipinski definition) is 6. The van der Waals surface area contributed by atoms with Gasteiger partial charge in [0.1, 0.15) is 11.4 Å². The van der Waals surface area contributed by atoms with E-state index in [0.29, 0.717) is 23.2 Å². The van der Waals surface area contributed by atoms with Crippen molar-refractivity contribution in [3.05, 3.63) is 54.6 Å². The van der Waals surface area contributed by atoms with Gasteiger partial charge < -0.3 is 9.63 Å². The van der Waals surface area contributed by atoms with E-state index in [9.17, 15) is 5.11 Å². The summed E-state index contributed by atoms with van der Waals surface area (Å²) in [7, 11) is 0. The maximum absolute atomic E-state index is 9.67. The first-order valence-corrected chi connectivity index (χ1v) is 6.96. The van der Waals surface area contributed by atoms with Crippen LogP contribution >= 0.6 is 11.8 Å². The Morgan fingerprint density at radius 1 is 1.10 bits per heavy atom. The molecule has 0 unspecified atom stereocenters. The highest BCUT2D eigenvalue weighted by molar-refractivity contribution is 7.98. The highest BCUT2D eigenvalue weighted by atomic mass is 32.2. The van der Waals surface area contributed by atoms with Crippen LogP contribution in [0.3, 0.4) is 0 Å². The number of benzene rings is 1. The molecular formula is C14H11N3O2S. The molecular weight excluding hydrogens is 274 g/mol. The van der Waals surface area contributed by atoms with Crippen molar-refractivity contribution in [3.8, 4) is 17.3 Å². The second-order valence-electron chi connectivity index (χ2n) is 3.98. The molecule has 0 spiro atoms. The number of phenolic OH excluding ortho intramolecular Hbond substituents is 1. The minimum atomic E-state index is 0.252. The van der Waals surface area contributed by atoms with Crippen LogP contribution in [0.5, 0.6) is 5.75 Å². The van der Waals surface area contributed by atoms with Gasteiger partial charge in [0.2, 0.25) is 11.7 Å². The van der Waals surface area contributed by atoms with Gasteiger partial charge in [-0.3, -0.25) is 4.98 Å². The van der Waals surface area contributed by atoms with E-state index in [2.05, 4.69) is 15.1 Å². The summed E-state index contributed by atoms with van der Waals surface area (Å²) in [6, 6.07) is 12.7. The Morgan fingerprint density at radius 3 is 2.75 bits per heavy atom. The van der Waals surface area contributed by atoms with Crippen molar-refractivity contribution in [2.75, 3.05) is 0 Å². The summed E-state index contributed by atoms with van der Waals surface area (Å²) in [5.41, 5.74) is 0.676. The lowest BCUT2D eigenvalue weighted by Gasteiger charge is -2.00. The second kappa shape index (κ2) is 5.75. The molecule has 2 aromatic heterocycles. The fourth-order valence-electron chi connectivity index (χ4n) is 1.63. The van der Waals surface area contributed by atoms with E-state index in [0.717, 1.165) is 4.90 Å². The first kappa shape index (κ1) is 12.7. The molecule has 0 aliphatic carbocycles. The van der Waals surface area contributed by atoms with Crippen molar-refractivity contribution in [1.82, 2.24) is 15.1 Å². The minimum Gasteiger partial charge on any atom is -0.507 e. The molecule has 20 heavy (non-hydrogen) atoms. The third-order valence-corrected chi connectivity index (χ3v) is 3.63. The zero-order valence-corrected chi connectivity index (χ0v) is 11.2. The summed E-state index contributed by atoms with van der Waals surface area (Å²) in [6.07, 6.45) is 1.68. The monoisotopic (exact) mass is 285 g/mol. The molecule has 0 saturated heterocycles. The lowest BCUT2D eigenvalue weighted by atomic mass is 10.3. The number of rotatable bonds is 4. The maximum Gasteiger partial charge on any atom is 0.237 e. The van der Waals surface area contributed by atoms with Gasteiger partial charge in [-0.2, -0.15) is 4.98 Å². The molecule has 0 bridgehead atoms. The van der Waals surface area contributed by atoms with Crippen molar-refractivity contribution in [1.29, 1.82) is 0 Å². The van der Waals surface area contributed by atoms with Crippen LogP contribution in [0.2, 0.25) is 0 Å². The van der Waals surface area contributed by atoms with Crippen LogP contribution in [0.1, 0.15) is 5.89 Å². The van der Waals surface area contributed by atoms with Crippen LogP contribution in [0.15, 0.2) is 58.1 Å². The summed E-state index contributed by atoms with van der Waals surface area (Å²) < 4.78 is 5.18. The quantitative estimate of drug-likeness (QED) is 0.742. The van der Waals surface area contributed by atoms with E-state index < -0.39 is 0 Å². The average molecular weight is 285 g/mol. The van der Waals surface area contributed by atoms with Crippen molar-refractivity contribution in [2.24, 2.45) is 0 Å². The van der Waals surface area contributed by atoms with Crippen LogP contribution < -0.4 is 0 Å². The lowest BCUT2D eigenvalue weighted by Crippen LogP contribution is -1.85. The number of pyridine rings is 1. The third kappa shape index (κ3) is 2.80. The molecule has 3 aromatic rings. The van der Waals surface area contributed by atoms with Gasteiger partial charge in [-0.1, -0.05) is 23.4 Å². The molecule has 0 aliphatic heterocycles. The highest BCUT2D eigenvalue weighted by Gasteiger charge is 2.10. The van der Waals surface area contributed by atoms with Crippen molar-refractivity contribution in [3.63, 3.8) is 0 Å². The number of nitrogens with zero attached hydrogens (tertiary/aromatic N) is 3. The SMILES string of the molecule is Oc1ccccc1SCc1nc(-c2ccccn2)no1. The fraction of sp³-hybridized carbons (Fsp3) is 0.0714. The molecule has 0 fully saturated rings. The van der Waals surface area contributed by atoms with E-state index in [4.69, 9.17) is 4.52 Å². The van der Waals surface area contributed by atoms with Crippen LogP contribution in [0.25, 0.3) is 11.5 Å². The summed E-state index contributed by atoms with van der Waals surface area (Å²) in [5.74, 6) is 1.72. The van der Waals surface area contributed by atoms with Crippen LogP contribution in [-0.2, 0) is 5.75 Å². The Balaban J connectivity index is 1.71. The Bertz CT molecular complexity index is 700. The van der Waals surface area contributed by atoms with E-state index in [-0.39, 0.29) is 5.75 Å². The number of hydrogen-bond donors (Lipinski definition) is 1. The van der Waals surface area contributed by atoms with Gasteiger partial charge in [0, 0.05) is 11.1 Å². The predicted octanol–water partition coefficient (Wildman–Crippen LogP) is 3.13. The van der Waals surface area contributed by atoms with Gasteiger partial charge in [0.15, 0.2) is 0 Å². The molecule has 5 nitrogen and oxygen atoms in total. The van der Waals surface area contributed by atoms with Crippen LogP contribution in [0, 0.1) is 0 Å². The topological polar surface area (TPSA) is 72.0 Å². The molecule has 0 aliphatic rings. The van der Waals surface area contributed by atoms with Gasteiger partial charge in [0.05, 0.1) is 5.75 Å². The zero-order chi connectivity index (χ0) is 13.8. The standard InChI is InChI=1S/C14H11N3O2S/c18-11-6-1-2-7-12(11)20-9-13-16-14(17-19-13)10-5-3-4-8-15-10/h1-8,18H,9H2. The van der Waals surface area contributed by atoms with Crippen LogP contribution in [-0.4, -0.2) is 20.2 Å². The summed E-state index contributed by atoms with van der Waals surface area (Å²) in [6.45, 7) is 0. The maximum atomic E-state index is 9.67. The van der Waals surface area contributed by atoms with E-state index in [1.54, 1.807) is 18.3 Å². The molecule has 1 aromatic carbocycles. The van der Waals surface area contributed by atoms with Crippen LogP contribution in [0.4, 0.5) is 0 Å². The third-order valence-electron chi connectivity index (χ3n) is 2.58. The van der Waals surface area contributed by atoms with Gasteiger partial charge in [0.25, 0.3) is 0 Å². The van der Waals surface area contributed by atoms with Gasteiger partial charge >= 0.3 is 0 Å². The molecule has 3 rings (SSSR count). The predicted molar refractivity (Wildman–Crippen MR) is 75.2 cm³/mol. The lowest BCUT2D eigenvalue weighted by molar-refractivity contribution is 0.391. The Kier molecular flexibility index (Phi) is 3.64. The van der Waals surface area contributed by atoms with Gasteiger partial charge in [-0.25, -0.2) is 0 Å². The molecule has 2 heterocycles. The molecule has 0 atom stereocenters. The Hall–Kier alpha value is -2.34. The first-order chi connectivity index (χ1) is 9.83. The number of aromatic hydroxyl groups is 1. The van der Waals surface area contributed by atoms with Crippen molar-refractivity contribution < 1.29 is 9.63 Å². The molecule has 0 radical (unpaired) electrons. The zero-order valence-electron chi connectivity index (χ0n) is 10.4. The second-order valence-corrected chi connectivity index (χ2v) is 5.00. The number of thioether (sulfide) groups is 1. The van der Waals surface area contributed by atoms with E-state index >= 15 is 0 Å². The summed E-state index contributed by atoms with van der Waals surface area (Å²) >= 11 is 1.44. The molecule has 0 saturated carbocycles. The summed E-state index contributed by atoms with van der Waals surface area (Å²) in [4.78, 5) is 9.23. The minimum absolute atomic E-state index is 0.252. The van der Waals surface area contributed by atoms with Crippen molar-refractivity contribution >= 4 is 11.8 Å². The van der Waals surface area contributed by atoms with Crippen molar-refractivity contribution in [2.45, 2.75) is 10.6 Å². The molecule has 6 heteroatoms. The van der Waals surface area contributed by atoms with Gasteiger partial charge in [-0.15, -0.1) is 11.8 Å². The normalized spacial score (nSPS) is 10.6. The smallest absolute Gasteiger partial charge is 0.237 e.